The molecular weight excluding hydrogens is 156 g/mol. The van der Waals surface area contributed by atoms with Gasteiger partial charge in [0.25, 0.3) is 0 Å². The Balaban J connectivity index is 4.01. The molecule has 1 nitrogen and oxygen atoms in total. The van der Waals surface area contributed by atoms with Crippen molar-refractivity contribution in [3.63, 3.8) is 0 Å². The van der Waals surface area contributed by atoms with Gasteiger partial charge in [0, 0.05) is 10.8 Å². The fourth-order valence-electron chi connectivity index (χ4n) is 0.689. The molecule has 0 heterocycles. The first-order valence-electron chi connectivity index (χ1n) is 3.91. The number of carbonyl (C=O) groups excluding carboxylic acids is 1. The Kier molecular flexibility index (Phi) is 5.30. The number of thiol groups is 1. The highest BCUT2D eigenvalue weighted by Crippen LogP contribution is 2.09. The third-order valence-electron chi connectivity index (χ3n) is 1.44. The van der Waals surface area contributed by atoms with Crippen LogP contribution >= 0.6 is 12.6 Å². The molecule has 0 saturated heterocycles. The largest absolute Gasteiger partial charge is 0.298 e. The lowest BCUT2D eigenvalue weighted by atomic mass is 10.1. The summed E-state index contributed by atoms with van der Waals surface area (Å²) in [6, 6.07) is 0. The van der Waals surface area contributed by atoms with Gasteiger partial charge in [-0.15, -0.1) is 0 Å². The zero-order valence-electron chi connectivity index (χ0n) is 7.37. The van der Waals surface area contributed by atoms with Gasteiger partial charge in [0.1, 0.15) is 6.29 Å². The molecule has 0 radical (unpaired) electrons. The number of carbonyl (C=O) groups is 1. The molecule has 0 aliphatic heterocycles. The van der Waals surface area contributed by atoms with Gasteiger partial charge in [-0.1, -0.05) is 19.9 Å². The highest BCUT2D eigenvalue weighted by molar-refractivity contribution is 7.81. The van der Waals surface area contributed by atoms with Crippen molar-refractivity contribution in [2.75, 3.05) is 0 Å². The number of hydrogen-bond acceptors (Lipinski definition) is 2. The standard InChI is InChI=1S/C9H16OS/c1-7(2)4-5-9(6-10)8(3)11/h5-8,11H,4H2,1-3H3. The minimum absolute atomic E-state index is 0.0613. The minimum atomic E-state index is 0.0613. The molecule has 2 heteroatoms. The summed E-state index contributed by atoms with van der Waals surface area (Å²) in [5.41, 5.74) is 0.794. The maximum atomic E-state index is 10.4. The highest BCUT2D eigenvalue weighted by atomic mass is 32.1. The summed E-state index contributed by atoms with van der Waals surface area (Å²) in [5, 5.41) is 0.0613. The van der Waals surface area contributed by atoms with Gasteiger partial charge in [0.15, 0.2) is 0 Å². The van der Waals surface area contributed by atoms with Crippen LogP contribution in [0.15, 0.2) is 11.6 Å². The lowest BCUT2D eigenvalue weighted by Crippen LogP contribution is -1.99. The van der Waals surface area contributed by atoms with E-state index in [1.54, 1.807) is 0 Å². The second kappa shape index (κ2) is 5.42. The van der Waals surface area contributed by atoms with Crippen LogP contribution in [0.5, 0.6) is 0 Å². The van der Waals surface area contributed by atoms with E-state index in [0.29, 0.717) is 5.92 Å². The van der Waals surface area contributed by atoms with Crippen LogP contribution in [0, 0.1) is 5.92 Å². The summed E-state index contributed by atoms with van der Waals surface area (Å²) in [7, 11) is 0. The minimum Gasteiger partial charge on any atom is -0.298 e. The van der Waals surface area contributed by atoms with E-state index in [-0.39, 0.29) is 5.25 Å². The van der Waals surface area contributed by atoms with Crippen LogP contribution in [0.3, 0.4) is 0 Å². The highest BCUT2D eigenvalue weighted by Gasteiger charge is 2.01. The number of hydrogen-bond donors (Lipinski definition) is 1. The molecule has 0 rings (SSSR count). The molecule has 0 spiro atoms. The molecule has 1 unspecified atom stereocenters. The molecule has 0 bridgehead atoms. The Labute approximate surface area is 74.3 Å². The van der Waals surface area contributed by atoms with Crippen molar-refractivity contribution in [3.05, 3.63) is 11.6 Å². The molecule has 0 aromatic rings. The van der Waals surface area contributed by atoms with E-state index in [0.717, 1.165) is 18.3 Å². The summed E-state index contributed by atoms with van der Waals surface area (Å²) in [6.45, 7) is 6.16. The second-order valence-electron chi connectivity index (χ2n) is 3.13. The molecule has 0 aromatic carbocycles. The summed E-state index contributed by atoms with van der Waals surface area (Å²) >= 11 is 4.18. The molecular formula is C9H16OS. The van der Waals surface area contributed by atoms with Crippen LogP contribution in [-0.4, -0.2) is 11.5 Å². The number of rotatable bonds is 4. The van der Waals surface area contributed by atoms with Crippen molar-refractivity contribution >= 4 is 18.9 Å². The monoisotopic (exact) mass is 172 g/mol. The van der Waals surface area contributed by atoms with Crippen LogP contribution in [0.4, 0.5) is 0 Å². The molecule has 0 fully saturated rings. The zero-order chi connectivity index (χ0) is 8.85. The van der Waals surface area contributed by atoms with Gasteiger partial charge in [-0.3, -0.25) is 4.79 Å². The molecule has 0 aliphatic carbocycles. The molecule has 0 amide bonds. The third kappa shape index (κ3) is 5.08. The van der Waals surface area contributed by atoms with Gasteiger partial charge in [0.2, 0.25) is 0 Å². The smallest absolute Gasteiger partial charge is 0.146 e. The van der Waals surface area contributed by atoms with Crippen LogP contribution < -0.4 is 0 Å². The molecule has 11 heavy (non-hydrogen) atoms. The first kappa shape index (κ1) is 10.8. The van der Waals surface area contributed by atoms with Gasteiger partial charge in [-0.2, -0.15) is 12.6 Å². The number of aldehydes is 1. The Morgan fingerprint density at radius 1 is 1.45 bits per heavy atom. The fraction of sp³-hybridized carbons (Fsp3) is 0.667. The summed E-state index contributed by atoms with van der Waals surface area (Å²) in [6.07, 6.45) is 3.81. The van der Waals surface area contributed by atoms with Crippen LogP contribution in [0.2, 0.25) is 0 Å². The van der Waals surface area contributed by atoms with Crippen molar-refractivity contribution in [2.24, 2.45) is 5.92 Å². The Bertz CT molecular complexity index is 148. The molecule has 64 valence electrons. The first-order valence-corrected chi connectivity index (χ1v) is 4.42. The van der Waals surface area contributed by atoms with Crippen molar-refractivity contribution in [3.8, 4) is 0 Å². The van der Waals surface area contributed by atoms with Gasteiger partial charge >= 0.3 is 0 Å². The zero-order valence-corrected chi connectivity index (χ0v) is 8.27. The quantitative estimate of drug-likeness (QED) is 0.391. The Morgan fingerprint density at radius 2 is 2.00 bits per heavy atom. The van der Waals surface area contributed by atoms with E-state index in [1.165, 1.54) is 0 Å². The molecule has 0 aliphatic rings. The molecule has 0 saturated carbocycles. The normalized spacial score (nSPS) is 15.2. The predicted molar refractivity (Wildman–Crippen MR) is 52.1 cm³/mol. The van der Waals surface area contributed by atoms with E-state index in [4.69, 9.17) is 0 Å². The lowest BCUT2D eigenvalue weighted by Gasteiger charge is -2.03. The topological polar surface area (TPSA) is 17.1 Å². The van der Waals surface area contributed by atoms with E-state index < -0.39 is 0 Å². The van der Waals surface area contributed by atoms with E-state index >= 15 is 0 Å². The van der Waals surface area contributed by atoms with Crippen molar-refractivity contribution in [1.82, 2.24) is 0 Å². The number of allylic oxidation sites excluding steroid dienone is 1. The second-order valence-corrected chi connectivity index (χ2v) is 3.90. The van der Waals surface area contributed by atoms with Crippen molar-refractivity contribution < 1.29 is 4.79 Å². The fourth-order valence-corrected chi connectivity index (χ4v) is 0.855. The summed E-state index contributed by atoms with van der Waals surface area (Å²) in [5.74, 6) is 0.608. The van der Waals surface area contributed by atoms with Gasteiger partial charge < -0.3 is 0 Å². The maximum absolute atomic E-state index is 10.4. The Morgan fingerprint density at radius 3 is 2.27 bits per heavy atom. The molecule has 1 atom stereocenters. The van der Waals surface area contributed by atoms with E-state index in [9.17, 15) is 4.79 Å². The van der Waals surface area contributed by atoms with Crippen molar-refractivity contribution in [1.29, 1.82) is 0 Å². The van der Waals surface area contributed by atoms with Gasteiger partial charge in [-0.25, -0.2) is 0 Å². The average Bonchev–Trinajstić information content (AvgIpc) is 1.87. The van der Waals surface area contributed by atoms with Crippen LogP contribution in [0.1, 0.15) is 27.2 Å². The van der Waals surface area contributed by atoms with Gasteiger partial charge in [-0.05, 0) is 19.3 Å². The summed E-state index contributed by atoms with van der Waals surface area (Å²) in [4.78, 5) is 10.4. The maximum Gasteiger partial charge on any atom is 0.146 e. The molecule has 0 aromatic heterocycles. The SMILES string of the molecule is CC(C)CC=C(C=O)C(C)S. The van der Waals surface area contributed by atoms with Crippen molar-refractivity contribution in [2.45, 2.75) is 32.4 Å². The first-order chi connectivity index (χ1) is 5.07. The Hall–Kier alpha value is -0.240. The summed E-state index contributed by atoms with van der Waals surface area (Å²) < 4.78 is 0. The van der Waals surface area contributed by atoms with Gasteiger partial charge in [0.05, 0.1) is 0 Å². The predicted octanol–water partition coefficient (Wildman–Crippen LogP) is 2.48. The van der Waals surface area contributed by atoms with Crippen LogP contribution in [-0.2, 0) is 4.79 Å². The average molecular weight is 172 g/mol. The van der Waals surface area contributed by atoms with E-state index in [2.05, 4.69) is 26.5 Å². The third-order valence-corrected chi connectivity index (χ3v) is 1.74. The van der Waals surface area contributed by atoms with E-state index in [1.807, 2.05) is 13.0 Å². The van der Waals surface area contributed by atoms with Crippen LogP contribution in [0.25, 0.3) is 0 Å². The molecule has 0 N–H and O–H groups in total. The lowest BCUT2D eigenvalue weighted by molar-refractivity contribution is -0.105.